The van der Waals surface area contributed by atoms with Gasteiger partial charge >= 0.3 is 0 Å². The van der Waals surface area contributed by atoms with E-state index < -0.39 is 0 Å². The van der Waals surface area contributed by atoms with Gasteiger partial charge in [0.1, 0.15) is 23.8 Å². The molecule has 0 spiro atoms. The Kier molecular flexibility index (Phi) is 4.09. The predicted molar refractivity (Wildman–Crippen MR) is 92.7 cm³/mol. The number of quaternary nitrogens is 1. The molecule has 2 aliphatic heterocycles. The van der Waals surface area contributed by atoms with Crippen LogP contribution in [0.1, 0.15) is 46.7 Å². The van der Waals surface area contributed by atoms with Gasteiger partial charge in [0.25, 0.3) is 0 Å². The van der Waals surface area contributed by atoms with E-state index >= 15 is 0 Å². The molecule has 3 heterocycles. The van der Waals surface area contributed by atoms with Crippen molar-refractivity contribution in [2.45, 2.75) is 32.7 Å². The summed E-state index contributed by atoms with van der Waals surface area (Å²) in [6.45, 7) is 4.71. The quantitative estimate of drug-likeness (QED) is 0.843. The minimum atomic E-state index is -0.168. The lowest BCUT2D eigenvalue weighted by molar-refractivity contribution is -0.918. The van der Waals surface area contributed by atoms with Crippen molar-refractivity contribution in [3.63, 3.8) is 0 Å². The summed E-state index contributed by atoms with van der Waals surface area (Å²) in [6, 6.07) is 6.88. The summed E-state index contributed by atoms with van der Waals surface area (Å²) in [5, 5.41) is 10.3. The zero-order valence-corrected chi connectivity index (χ0v) is 14.3. The number of rotatable bonds is 3. The Morgan fingerprint density at radius 1 is 1.16 bits per heavy atom. The van der Waals surface area contributed by atoms with E-state index in [1.165, 1.54) is 24.2 Å². The van der Waals surface area contributed by atoms with E-state index in [4.69, 9.17) is 9.15 Å². The van der Waals surface area contributed by atoms with Gasteiger partial charge in [0.15, 0.2) is 11.5 Å². The fourth-order valence-corrected chi connectivity index (χ4v) is 3.61. The van der Waals surface area contributed by atoms with Crippen LogP contribution in [0.2, 0.25) is 0 Å². The maximum Gasteiger partial charge on any atom is 0.232 e. The molecule has 0 aliphatic carbocycles. The number of allylic oxidation sites excluding steroid dienone is 1. The van der Waals surface area contributed by atoms with E-state index in [-0.39, 0.29) is 17.3 Å². The van der Waals surface area contributed by atoms with E-state index in [0.29, 0.717) is 23.6 Å². The normalized spacial score (nSPS) is 19.2. The Labute approximate surface area is 146 Å². The number of ether oxygens (including phenoxy) is 1. The number of aromatic hydroxyl groups is 1. The first-order valence-electron chi connectivity index (χ1n) is 8.81. The molecule has 0 amide bonds. The molecule has 0 saturated carbocycles. The van der Waals surface area contributed by atoms with Gasteiger partial charge in [-0.1, -0.05) is 0 Å². The van der Waals surface area contributed by atoms with Crippen LogP contribution >= 0.6 is 0 Å². The van der Waals surface area contributed by atoms with Crippen LogP contribution in [-0.4, -0.2) is 24.0 Å². The van der Waals surface area contributed by atoms with E-state index in [9.17, 15) is 9.90 Å². The van der Waals surface area contributed by atoms with Gasteiger partial charge in [-0.05, 0) is 50.5 Å². The third-order valence-corrected chi connectivity index (χ3v) is 4.94. The van der Waals surface area contributed by atoms with Crippen LogP contribution in [0, 0.1) is 6.92 Å². The minimum absolute atomic E-state index is 0.168. The maximum atomic E-state index is 12.6. The largest absolute Gasteiger partial charge is 0.507 e. The highest BCUT2D eigenvalue weighted by atomic mass is 16.5. The number of Topliss-reactive ketones (excluding diaryl/α,β-unsaturated/α-hetero) is 1. The number of nitrogens with one attached hydrogen (secondary N) is 1. The maximum absolute atomic E-state index is 12.6. The second-order valence-electron chi connectivity index (χ2n) is 6.82. The molecule has 2 aromatic rings. The molecular formula is C20H22NO4+. The smallest absolute Gasteiger partial charge is 0.232 e. The zero-order chi connectivity index (χ0) is 17.4. The van der Waals surface area contributed by atoms with Crippen molar-refractivity contribution < 1.29 is 24.0 Å². The molecule has 2 N–H and O–H groups in total. The number of phenolic OH excluding ortho intramolecular Hbond substituents is 1. The van der Waals surface area contributed by atoms with Gasteiger partial charge in [0.2, 0.25) is 5.78 Å². The minimum Gasteiger partial charge on any atom is -0.507 e. The molecule has 2 aliphatic rings. The molecule has 1 aromatic heterocycles. The third kappa shape index (κ3) is 3.07. The van der Waals surface area contributed by atoms with Gasteiger partial charge in [0, 0.05) is 6.08 Å². The standard InChI is InChI=1S/C20H21NO4/c1-13-5-6-14(24-13)11-18-19(23)15-7-8-17(22)16(20(15)25-18)12-21-9-3-2-4-10-21/h5-8,11,22H,2-4,9-10,12H2,1H3/p+1/b18-11-. The number of carbonyl (C=O) groups is 1. The van der Waals surface area contributed by atoms with Crippen LogP contribution < -0.4 is 9.64 Å². The first-order valence-corrected chi connectivity index (χ1v) is 8.81. The number of hydrogen-bond donors (Lipinski definition) is 2. The van der Waals surface area contributed by atoms with Gasteiger partial charge in [0.05, 0.1) is 24.2 Å². The molecule has 1 saturated heterocycles. The second-order valence-corrected chi connectivity index (χ2v) is 6.82. The molecule has 130 valence electrons. The summed E-state index contributed by atoms with van der Waals surface area (Å²) in [4.78, 5) is 14.1. The van der Waals surface area contributed by atoms with Crippen LogP contribution in [0.3, 0.4) is 0 Å². The lowest BCUT2D eigenvalue weighted by Gasteiger charge is -2.24. The Balaban J connectivity index is 1.65. The summed E-state index contributed by atoms with van der Waals surface area (Å²) in [6.07, 6.45) is 5.29. The van der Waals surface area contributed by atoms with Crippen molar-refractivity contribution in [3.8, 4) is 11.5 Å². The zero-order valence-electron chi connectivity index (χ0n) is 14.3. The number of carbonyl (C=O) groups excluding carboxylic acids is 1. The van der Waals surface area contributed by atoms with E-state index in [1.54, 1.807) is 24.3 Å². The van der Waals surface area contributed by atoms with Crippen LogP contribution in [0.5, 0.6) is 11.5 Å². The molecule has 0 atom stereocenters. The summed E-state index contributed by atoms with van der Waals surface area (Å²) in [5.74, 6) is 2.13. The summed E-state index contributed by atoms with van der Waals surface area (Å²) < 4.78 is 11.4. The number of aryl methyl sites for hydroxylation is 1. The fourth-order valence-electron chi connectivity index (χ4n) is 3.61. The highest BCUT2D eigenvalue weighted by Gasteiger charge is 2.33. The van der Waals surface area contributed by atoms with Gasteiger partial charge in [-0.3, -0.25) is 4.79 Å². The van der Waals surface area contributed by atoms with Crippen molar-refractivity contribution >= 4 is 11.9 Å². The van der Waals surface area contributed by atoms with Crippen LogP contribution in [0.4, 0.5) is 0 Å². The van der Waals surface area contributed by atoms with Gasteiger partial charge < -0.3 is 19.2 Å². The van der Waals surface area contributed by atoms with Crippen LogP contribution in [0.15, 0.2) is 34.4 Å². The number of phenols is 1. The SMILES string of the molecule is Cc1ccc(/C=C2\Oc3c(ccc(O)c3C[NH+]3CCCCC3)C2=O)o1. The monoisotopic (exact) mass is 340 g/mol. The van der Waals surface area contributed by atoms with Crippen molar-refractivity contribution in [1.82, 2.24) is 0 Å². The van der Waals surface area contributed by atoms with Crippen molar-refractivity contribution in [2.75, 3.05) is 13.1 Å². The fraction of sp³-hybridized carbons (Fsp3) is 0.350. The Bertz CT molecular complexity index is 843. The molecular weight excluding hydrogens is 318 g/mol. The highest BCUT2D eigenvalue weighted by Crippen LogP contribution is 2.39. The first-order chi connectivity index (χ1) is 12.1. The molecule has 0 bridgehead atoms. The molecule has 1 aromatic carbocycles. The first kappa shape index (κ1) is 16.0. The van der Waals surface area contributed by atoms with Crippen LogP contribution in [0.25, 0.3) is 6.08 Å². The number of ketones is 1. The number of likely N-dealkylation sites (tertiary alicyclic amines) is 1. The molecule has 4 rings (SSSR count). The number of piperidine rings is 1. The van der Waals surface area contributed by atoms with Gasteiger partial charge in [-0.15, -0.1) is 0 Å². The Hall–Kier alpha value is -2.53. The van der Waals surface area contributed by atoms with E-state index in [0.717, 1.165) is 24.4 Å². The van der Waals surface area contributed by atoms with E-state index in [1.807, 2.05) is 13.0 Å². The highest BCUT2D eigenvalue weighted by molar-refractivity contribution is 6.14. The lowest BCUT2D eigenvalue weighted by Crippen LogP contribution is -3.11. The molecule has 0 unspecified atom stereocenters. The van der Waals surface area contributed by atoms with Crippen molar-refractivity contribution in [1.29, 1.82) is 0 Å². The molecule has 0 radical (unpaired) electrons. The molecule has 25 heavy (non-hydrogen) atoms. The van der Waals surface area contributed by atoms with Gasteiger partial charge in [-0.25, -0.2) is 0 Å². The Morgan fingerprint density at radius 2 is 1.96 bits per heavy atom. The number of fused-ring (bicyclic) bond motifs is 1. The molecule has 5 heteroatoms. The lowest BCUT2D eigenvalue weighted by atomic mass is 10.0. The van der Waals surface area contributed by atoms with Crippen molar-refractivity contribution in [2.24, 2.45) is 0 Å². The van der Waals surface area contributed by atoms with Crippen molar-refractivity contribution in [3.05, 3.63) is 52.7 Å². The van der Waals surface area contributed by atoms with Crippen LogP contribution in [-0.2, 0) is 6.54 Å². The summed E-state index contributed by atoms with van der Waals surface area (Å²) in [5.41, 5.74) is 1.24. The van der Waals surface area contributed by atoms with E-state index in [2.05, 4.69) is 0 Å². The predicted octanol–water partition coefficient (Wildman–Crippen LogP) is 2.48. The average Bonchev–Trinajstić information content (AvgIpc) is 3.16. The average molecular weight is 340 g/mol. The van der Waals surface area contributed by atoms with Gasteiger partial charge in [-0.2, -0.15) is 0 Å². The Morgan fingerprint density at radius 3 is 2.68 bits per heavy atom. The second kappa shape index (κ2) is 6.41. The third-order valence-electron chi connectivity index (χ3n) is 4.94. The number of hydrogen-bond acceptors (Lipinski definition) is 4. The number of benzene rings is 1. The topological polar surface area (TPSA) is 64.1 Å². The summed E-state index contributed by atoms with van der Waals surface area (Å²) in [7, 11) is 0. The summed E-state index contributed by atoms with van der Waals surface area (Å²) >= 11 is 0. The molecule has 1 fully saturated rings. The number of furan rings is 1. The molecule has 5 nitrogen and oxygen atoms in total.